The standard InChI is InChI=1S/C3H6FO/c1-3(4)5-2/h3H,2H2,1H3. The van der Waals surface area contributed by atoms with E-state index >= 15 is 0 Å². The summed E-state index contributed by atoms with van der Waals surface area (Å²) in [7, 11) is 2.81. The first-order valence-electron chi connectivity index (χ1n) is 1.32. The van der Waals surface area contributed by atoms with Crippen molar-refractivity contribution in [3.8, 4) is 0 Å². The lowest BCUT2D eigenvalue weighted by molar-refractivity contribution is 0.0371. The minimum Gasteiger partial charge on any atom is -0.346 e. The predicted molar refractivity (Wildman–Crippen MR) is 17.0 cm³/mol. The molecule has 31 valence electrons. The molecule has 1 radical (unpaired) electrons. The van der Waals surface area contributed by atoms with Gasteiger partial charge in [0.2, 0.25) is 0 Å². The van der Waals surface area contributed by atoms with E-state index in [0.29, 0.717) is 0 Å². The molecule has 1 unspecified atom stereocenters. The van der Waals surface area contributed by atoms with E-state index in [1.54, 1.807) is 0 Å². The lowest BCUT2D eigenvalue weighted by Crippen LogP contribution is -1.89. The second-order valence-corrected chi connectivity index (χ2v) is 0.710. The lowest BCUT2D eigenvalue weighted by atomic mass is 10.8. The van der Waals surface area contributed by atoms with Crippen LogP contribution in [-0.4, -0.2) is 6.36 Å². The number of rotatable bonds is 1. The molecule has 0 N–H and O–H groups in total. The van der Waals surface area contributed by atoms with Crippen LogP contribution >= 0.6 is 0 Å². The first-order chi connectivity index (χ1) is 2.27. The number of hydrogen-bond donors (Lipinski definition) is 0. The highest BCUT2D eigenvalue weighted by Crippen LogP contribution is 1.84. The van der Waals surface area contributed by atoms with Gasteiger partial charge in [-0.25, -0.2) is 4.39 Å². The molecule has 0 aromatic heterocycles. The van der Waals surface area contributed by atoms with Crippen molar-refractivity contribution in [2.75, 3.05) is 0 Å². The van der Waals surface area contributed by atoms with Gasteiger partial charge in [-0.15, -0.1) is 0 Å². The van der Waals surface area contributed by atoms with Gasteiger partial charge in [-0.2, -0.15) is 0 Å². The van der Waals surface area contributed by atoms with Gasteiger partial charge in [-0.05, 0) is 6.92 Å². The molecule has 0 saturated heterocycles. The Balaban J connectivity index is 2.54. The van der Waals surface area contributed by atoms with Crippen LogP contribution in [0.1, 0.15) is 6.92 Å². The predicted octanol–water partition coefficient (Wildman–Crippen LogP) is 1.11. The van der Waals surface area contributed by atoms with Crippen LogP contribution in [0, 0.1) is 7.11 Å². The second-order valence-electron chi connectivity index (χ2n) is 0.710. The maximum Gasteiger partial charge on any atom is 0.195 e. The van der Waals surface area contributed by atoms with Crippen molar-refractivity contribution in [1.82, 2.24) is 0 Å². The molecule has 1 atom stereocenters. The smallest absolute Gasteiger partial charge is 0.195 e. The van der Waals surface area contributed by atoms with Crippen LogP contribution in [0.3, 0.4) is 0 Å². The van der Waals surface area contributed by atoms with Gasteiger partial charge in [-0.3, -0.25) is 0 Å². The van der Waals surface area contributed by atoms with Gasteiger partial charge in [0.05, 0.1) is 7.11 Å². The summed E-state index contributed by atoms with van der Waals surface area (Å²) in [6.45, 7) is 1.27. The Labute approximate surface area is 30.7 Å². The summed E-state index contributed by atoms with van der Waals surface area (Å²) in [6.07, 6.45) is -1.23. The molecule has 0 rings (SSSR count). The van der Waals surface area contributed by atoms with Crippen molar-refractivity contribution in [1.29, 1.82) is 0 Å². The van der Waals surface area contributed by atoms with Crippen LogP contribution < -0.4 is 0 Å². The Morgan fingerprint density at radius 1 is 2.00 bits per heavy atom. The molecule has 0 amide bonds. The van der Waals surface area contributed by atoms with E-state index in [0.717, 1.165) is 0 Å². The zero-order chi connectivity index (χ0) is 4.28. The number of alkyl halides is 1. The Kier molecular flexibility index (Phi) is 2.10. The Bertz CT molecular complexity index is 20.9. The number of hydrogen-bond acceptors (Lipinski definition) is 1. The number of ether oxygens (including phenoxy) is 1. The van der Waals surface area contributed by atoms with Gasteiger partial charge in [0.25, 0.3) is 0 Å². The molecule has 0 aliphatic carbocycles. The summed E-state index contributed by atoms with van der Waals surface area (Å²) in [5.41, 5.74) is 0. The van der Waals surface area contributed by atoms with Crippen molar-refractivity contribution >= 4 is 0 Å². The summed E-state index contributed by atoms with van der Waals surface area (Å²) < 4.78 is 15.0. The molecule has 0 bridgehead atoms. The fourth-order valence-electron chi connectivity index (χ4n) is 0. The molecule has 0 heterocycles. The first-order valence-corrected chi connectivity index (χ1v) is 1.32. The Morgan fingerprint density at radius 2 is 2.20 bits per heavy atom. The average Bonchev–Trinajstić information content (AvgIpc) is 1.38. The molecule has 0 aliphatic heterocycles. The van der Waals surface area contributed by atoms with Gasteiger partial charge in [0.15, 0.2) is 6.36 Å². The summed E-state index contributed by atoms with van der Waals surface area (Å²) in [5, 5.41) is 0. The van der Waals surface area contributed by atoms with E-state index in [-0.39, 0.29) is 0 Å². The molecule has 2 heteroatoms. The third-order valence-corrected chi connectivity index (χ3v) is 0.230. The zero-order valence-corrected chi connectivity index (χ0v) is 3.07. The van der Waals surface area contributed by atoms with Gasteiger partial charge in [0, 0.05) is 0 Å². The van der Waals surface area contributed by atoms with E-state index in [4.69, 9.17) is 0 Å². The molecule has 0 aromatic rings. The number of halogens is 1. The maximum atomic E-state index is 11.1. The van der Waals surface area contributed by atoms with Gasteiger partial charge in [0.1, 0.15) is 0 Å². The average molecular weight is 77.1 g/mol. The van der Waals surface area contributed by atoms with Crippen molar-refractivity contribution in [3.63, 3.8) is 0 Å². The third-order valence-electron chi connectivity index (χ3n) is 0.230. The van der Waals surface area contributed by atoms with E-state index in [9.17, 15) is 4.39 Å². The summed E-state index contributed by atoms with van der Waals surface area (Å²) in [4.78, 5) is 0. The fourth-order valence-corrected chi connectivity index (χ4v) is 0. The van der Waals surface area contributed by atoms with E-state index in [1.807, 2.05) is 0 Å². The molecule has 0 spiro atoms. The van der Waals surface area contributed by atoms with Crippen molar-refractivity contribution in [2.24, 2.45) is 0 Å². The highest BCUT2D eigenvalue weighted by atomic mass is 19.1. The molecule has 1 nitrogen and oxygen atoms in total. The summed E-state index contributed by atoms with van der Waals surface area (Å²) >= 11 is 0. The topological polar surface area (TPSA) is 9.23 Å². The molecule has 5 heavy (non-hydrogen) atoms. The fraction of sp³-hybridized carbons (Fsp3) is 0.667. The quantitative estimate of drug-likeness (QED) is 0.455. The van der Waals surface area contributed by atoms with E-state index in [2.05, 4.69) is 11.8 Å². The van der Waals surface area contributed by atoms with Gasteiger partial charge in [-0.1, -0.05) is 0 Å². The maximum absolute atomic E-state index is 11.1. The molecule has 0 fully saturated rings. The monoisotopic (exact) mass is 77.0 g/mol. The van der Waals surface area contributed by atoms with Crippen LogP contribution in [0.4, 0.5) is 4.39 Å². The summed E-state index contributed by atoms with van der Waals surface area (Å²) in [5.74, 6) is 0. The molecule has 0 saturated carbocycles. The minimum atomic E-state index is -1.23. The Morgan fingerprint density at radius 3 is 2.20 bits per heavy atom. The van der Waals surface area contributed by atoms with Gasteiger partial charge >= 0.3 is 0 Å². The highest BCUT2D eigenvalue weighted by Gasteiger charge is 1.84. The first kappa shape index (κ1) is 4.89. The van der Waals surface area contributed by atoms with E-state index in [1.165, 1.54) is 6.92 Å². The van der Waals surface area contributed by atoms with Crippen molar-refractivity contribution < 1.29 is 9.13 Å². The second kappa shape index (κ2) is 2.15. The summed E-state index contributed by atoms with van der Waals surface area (Å²) in [6, 6.07) is 0. The van der Waals surface area contributed by atoms with Crippen molar-refractivity contribution in [2.45, 2.75) is 13.3 Å². The molecular weight excluding hydrogens is 71.0 g/mol. The van der Waals surface area contributed by atoms with Crippen LogP contribution in [-0.2, 0) is 4.74 Å². The normalized spacial score (nSPS) is 15.0. The zero-order valence-electron chi connectivity index (χ0n) is 3.07. The minimum absolute atomic E-state index is 1.23. The van der Waals surface area contributed by atoms with Crippen LogP contribution in [0.25, 0.3) is 0 Å². The third kappa shape index (κ3) is 3.89. The molecule has 0 aromatic carbocycles. The van der Waals surface area contributed by atoms with Gasteiger partial charge < -0.3 is 4.74 Å². The largest absolute Gasteiger partial charge is 0.346 e. The van der Waals surface area contributed by atoms with E-state index < -0.39 is 6.36 Å². The van der Waals surface area contributed by atoms with Crippen LogP contribution in [0.15, 0.2) is 0 Å². The molecular formula is C3H6FO. The van der Waals surface area contributed by atoms with Crippen LogP contribution in [0.5, 0.6) is 0 Å². The lowest BCUT2D eigenvalue weighted by Gasteiger charge is -1.89. The highest BCUT2D eigenvalue weighted by molar-refractivity contribution is 4.16. The SMILES string of the molecule is [CH2]OC(C)F. The van der Waals surface area contributed by atoms with Crippen molar-refractivity contribution in [3.05, 3.63) is 7.11 Å². The Hall–Kier alpha value is -0.110. The molecule has 0 aliphatic rings. The van der Waals surface area contributed by atoms with Crippen LogP contribution in [0.2, 0.25) is 0 Å².